The average molecular weight is 435 g/mol. The minimum Gasteiger partial charge on any atom is -0.463 e. The van der Waals surface area contributed by atoms with E-state index in [9.17, 15) is 9.90 Å². The van der Waals surface area contributed by atoms with E-state index < -0.39 is 11.6 Å². The van der Waals surface area contributed by atoms with E-state index in [0.29, 0.717) is 34.8 Å². The number of piperidine rings is 1. The van der Waals surface area contributed by atoms with Gasteiger partial charge in [-0.1, -0.05) is 66.7 Å². The minimum absolute atomic E-state index is 0.389. The van der Waals surface area contributed by atoms with E-state index in [1.165, 1.54) is 16.9 Å². The summed E-state index contributed by atoms with van der Waals surface area (Å²) in [4.78, 5) is 13.7. The molecular formula is C26H28NO3S+. The van der Waals surface area contributed by atoms with Crippen LogP contribution in [0.4, 0.5) is 0 Å². The maximum absolute atomic E-state index is 13.1. The first-order valence-corrected chi connectivity index (χ1v) is 11.7. The molecule has 1 aliphatic carbocycles. The summed E-state index contributed by atoms with van der Waals surface area (Å²) in [5.41, 5.74) is 0.167. The standard InChI is InChI=1S/C26H28NO3S/c1-27(15-19-9-4-2-5-10-19)16-21-22(17-27)23(21)18-30-25(28)26(29,24-13-8-14-31-24)20-11-6-3-7-12-20/h2-14,21-23,29H,15-18H2,1H3/q+1. The third-order valence-electron chi connectivity index (χ3n) is 6.99. The van der Waals surface area contributed by atoms with Crippen LogP contribution in [-0.4, -0.2) is 42.3 Å². The Balaban J connectivity index is 1.22. The van der Waals surface area contributed by atoms with E-state index >= 15 is 0 Å². The van der Waals surface area contributed by atoms with Crippen LogP contribution in [0.25, 0.3) is 0 Å². The van der Waals surface area contributed by atoms with Crippen LogP contribution in [0.1, 0.15) is 16.0 Å². The van der Waals surface area contributed by atoms with Crippen molar-refractivity contribution in [2.75, 3.05) is 26.7 Å². The predicted molar refractivity (Wildman–Crippen MR) is 121 cm³/mol. The highest BCUT2D eigenvalue weighted by atomic mass is 32.1. The van der Waals surface area contributed by atoms with Crippen LogP contribution < -0.4 is 0 Å². The zero-order valence-corrected chi connectivity index (χ0v) is 18.5. The lowest BCUT2D eigenvalue weighted by molar-refractivity contribution is -0.916. The minimum atomic E-state index is -1.75. The fourth-order valence-corrected chi connectivity index (χ4v) is 6.19. The van der Waals surface area contributed by atoms with Crippen molar-refractivity contribution in [1.29, 1.82) is 0 Å². The number of hydrogen-bond acceptors (Lipinski definition) is 4. The lowest BCUT2D eigenvalue weighted by atomic mass is 9.92. The van der Waals surface area contributed by atoms with Crippen molar-refractivity contribution in [3.05, 3.63) is 94.2 Å². The Labute approximate surface area is 187 Å². The molecule has 2 heterocycles. The summed E-state index contributed by atoms with van der Waals surface area (Å²) in [6.45, 7) is 3.68. The van der Waals surface area contributed by atoms with Crippen molar-refractivity contribution in [1.82, 2.24) is 0 Å². The number of aliphatic hydroxyl groups is 1. The maximum atomic E-state index is 13.1. The van der Waals surface area contributed by atoms with Gasteiger partial charge in [-0.15, -0.1) is 11.3 Å². The number of nitrogens with zero attached hydrogens (tertiary/aromatic N) is 1. The molecule has 3 aromatic rings. The summed E-state index contributed by atoms with van der Waals surface area (Å²) in [5.74, 6) is 1.04. The second-order valence-corrected chi connectivity index (χ2v) is 10.2. The Hall–Kier alpha value is -2.47. The zero-order chi connectivity index (χ0) is 21.5. The van der Waals surface area contributed by atoms with Crippen molar-refractivity contribution < 1.29 is 19.1 Å². The molecule has 4 nitrogen and oxygen atoms in total. The summed E-state index contributed by atoms with van der Waals surface area (Å²) in [6.07, 6.45) is 0. The predicted octanol–water partition coefficient (Wildman–Crippen LogP) is 4.05. The Morgan fingerprint density at radius 2 is 1.68 bits per heavy atom. The number of carbonyl (C=O) groups is 1. The van der Waals surface area contributed by atoms with E-state index in [0.717, 1.165) is 24.1 Å². The molecule has 1 saturated heterocycles. The molecule has 0 radical (unpaired) electrons. The van der Waals surface area contributed by atoms with Gasteiger partial charge >= 0.3 is 5.97 Å². The Morgan fingerprint density at radius 3 is 2.29 bits per heavy atom. The van der Waals surface area contributed by atoms with Gasteiger partial charge in [-0.25, -0.2) is 4.79 Å². The summed E-state index contributed by atoms with van der Waals surface area (Å²) < 4.78 is 6.79. The number of fused-ring (bicyclic) bond motifs is 1. The highest BCUT2D eigenvalue weighted by molar-refractivity contribution is 7.10. The van der Waals surface area contributed by atoms with Crippen molar-refractivity contribution in [3.63, 3.8) is 0 Å². The van der Waals surface area contributed by atoms with Gasteiger partial charge in [-0.2, -0.15) is 0 Å². The van der Waals surface area contributed by atoms with Gasteiger partial charge in [0.05, 0.1) is 31.6 Å². The van der Waals surface area contributed by atoms with Gasteiger partial charge in [0.2, 0.25) is 5.60 Å². The van der Waals surface area contributed by atoms with Crippen LogP contribution in [-0.2, 0) is 21.7 Å². The van der Waals surface area contributed by atoms with Crippen molar-refractivity contribution >= 4 is 17.3 Å². The molecule has 1 saturated carbocycles. The van der Waals surface area contributed by atoms with Gasteiger partial charge in [0.15, 0.2) is 0 Å². The SMILES string of the molecule is C[N+]1(Cc2ccccc2)CC2C(COC(=O)C(O)(c3ccccc3)c3cccs3)C2C1. The lowest BCUT2D eigenvalue weighted by Crippen LogP contribution is -2.44. The fourth-order valence-electron chi connectivity index (χ4n) is 5.36. The highest BCUT2D eigenvalue weighted by Gasteiger charge is 2.62. The molecule has 3 unspecified atom stereocenters. The number of benzene rings is 2. The summed E-state index contributed by atoms with van der Waals surface area (Å²) in [5, 5.41) is 13.3. The molecule has 1 aliphatic heterocycles. The first-order valence-electron chi connectivity index (χ1n) is 10.9. The quantitative estimate of drug-likeness (QED) is 0.451. The molecule has 5 heteroatoms. The van der Waals surface area contributed by atoms with Gasteiger partial charge in [-0.3, -0.25) is 0 Å². The normalized spacial score (nSPS) is 28.5. The molecule has 2 aromatic carbocycles. The summed E-state index contributed by atoms with van der Waals surface area (Å²) >= 11 is 1.37. The van der Waals surface area contributed by atoms with Crippen LogP contribution >= 0.6 is 11.3 Å². The number of thiophene rings is 1. The largest absolute Gasteiger partial charge is 0.463 e. The number of quaternary nitrogens is 1. The first kappa shape index (κ1) is 20.4. The van der Waals surface area contributed by atoms with E-state index in [4.69, 9.17) is 4.74 Å². The van der Waals surface area contributed by atoms with Gasteiger partial charge in [-0.05, 0) is 11.4 Å². The number of carbonyl (C=O) groups excluding carboxylic acids is 1. The van der Waals surface area contributed by atoms with Crippen molar-refractivity contribution in [2.24, 2.45) is 17.8 Å². The zero-order valence-electron chi connectivity index (χ0n) is 17.7. The number of ether oxygens (including phenoxy) is 1. The second kappa shape index (κ2) is 7.90. The van der Waals surface area contributed by atoms with E-state index in [2.05, 4.69) is 37.4 Å². The number of likely N-dealkylation sites (tertiary alicyclic amines) is 1. The molecule has 0 spiro atoms. The molecule has 0 bridgehead atoms. The van der Waals surface area contributed by atoms with Crippen LogP contribution in [0, 0.1) is 17.8 Å². The number of rotatable bonds is 7. The molecule has 160 valence electrons. The molecule has 2 fully saturated rings. The molecule has 5 rings (SSSR count). The van der Waals surface area contributed by atoms with E-state index in [1.807, 2.05) is 29.6 Å². The molecule has 3 atom stereocenters. The molecule has 0 amide bonds. The fraction of sp³-hybridized carbons (Fsp3) is 0.346. The molecule has 31 heavy (non-hydrogen) atoms. The number of esters is 1. The van der Waals surface area contributed by atoms with Crippen molar-refractivity contribution in [3.8, 4) is 0 Å². The van der Waals surface area contributed by atoms with Gasteiger partial charge in [0.25, 0.3) is 0 Å². The third kappa shape index (κ3) is 3.82. The molecule has 2 aliphatic rings. The first-order chi connectivity index (χ1) is 15.0. The van der Waals surface area contributed by atoms with Gasteiger partial charge in [0.1, 0.15) is 6.54 Å². The average Bonchev–Trinajstić information content (AvgIpc) is 3.17. The topological polar surface area (TPSA) is 46.5 Å². The Bertz CT molecular complexity index is 1030. The van der Waals surface area contributed by atoms with Crippen LogP contribution in [0.3, 0.4) is 0 Å². The second-order valence-electron chi connectivity index (χ2n) is 9.27. The number of hydrogen-bond donors (Lipinski definition) is 1. The van der Waals surface area contributed by atoms with Gasteiger partial charge in [0, 0.05) is 28.9 Å². The molecule has 1 aromatic heterocycles. The van der Waals surface area contributed by atoms with E-state index in [-0.39, 0.29) is 0 Å². The van der Waals surface area contributed by atoms with Crippen LogP contribution in [0.5, 0.6) is 0 Å². The molecule has 1 N–H and O–H groups in total. The van der Waals surface area contributed by atoms with Crippen molar-refractivity contribution in [2.45, 2.75) is 12.1 Å². The monoisotopic (exact) mass is 434 g/mol. The maximum Gasteiger partial charge on any atom is 0.348 e. The summed E-state index contributed by atoms with van der Waals surface area (Å²) in [7, 11) is 2.33. The lowest BCUT2D eigenvalue weighted by Gasteiger charge is -2.32. The van der Waals surface area contributed by atoms with Crippen LogP contribution in [0.15, 0.2) is 78.2 Å². The van der Waals surface area contributed by atoms with E-state index in [1.54, 1.807) is 18.2 Å². The Morgan fingerprint density at radius 1 is 1.03 bits per heavy atom. The smallest absolute Gasteiger partial charge is 0.348 e. The van der Waals surface area contributed by atoms with Gasteiger partial charge < -0.3 is 14.3 Å². The summed E-state index contributed by atoms with van der Waals surface area (Å²) in [6, 6.07) is 23.4. The van der Waals surface area contributed by atoms with Crippen LogP contribution in [0.2, 0.25) is 0 Å². The highest BCUT2D eigenvalue weighted by Crippen LogP contribution is 2.54. The Kier molecular flexibility index (Phi) is 5.21. The molecular weight excluding hydrogens is 406 g/mol. The third-order valence-corrected chi connectivity index (χ3v) is 7.97.